The summed E-state index contributed by atoms with van der Waals surface area (Å²) in [6.07, 6.45) is 3.02. The number of hydrogen-bond donors (Lipinski definition) is 4. The maximum Gasteiger partial charge on any atom is 0.319 e. The molecule has 3 amide bonds. The average molecular weight is 423 g/mol. The van der Waals surface area contributed by atoms with Gasteiger partial charge in [0.1, 0.15) is 11.9 Å². The summed E-state index contributed by atoms with van der Waals surface area (Å²) in [5.41, 5.74) is 0.467. The molecule has 166 valence electrons. The molecule has 2 aliphatic heterocycles. The van der Waals surface area contributed by atoms with E-state index in [0.29, 0.717) is 25.1 Å². The lowest BCUT2D eigenvalue weighted by Crippen LogP contribution is -2.52. The third-order valence-electron chi connectivity index (χ3n) is 5.58. The Morgan fingerprint density at radius 2 is 1.90 bits per heavy atom. The number of hydrogen-bond acceptors (Lipinski definition) is 5. The van der Waals surface area contributed by atoms with Crippen LogP contribution in [0.3, 0.4) is 0 Å². The molecule has 0 unspecified atom stereocenters. The molecule has 0 aromatic heterocycles. The molecule has 0 bridgehead atoms. The first-order valence-corrected chi connectivity index (χ1v) is 10.6. The van der Waals surface area contributed by atoms with Crippen LogP contribution in [-0.2, 0) is 9.53 Å². The van der Waals surface area contributed by atoms with Gasteiger partial charge >= 0.3 is 6.03 Å². The summed E-state index contributed by atoms with van der Waals surface area (Å²) in [7, 11) is 0. The van der Waals surface area contributed by atoms with Crippen molar-refractivity contribution in [2.24, 2.45) is 0 Å². The van der Waals surface area contributed by atoms with Crippen LogP contribution in [0.2, 0.25) is 0 Å². The molecule has 0 aliphatic carbocycles. The molecule has 4 N–H and O–H groups in total. The number of anilines is 1. The molecular weight excluding hydrogens is 391 g/mol. The SMILES string of the molecule is O=C(C[C@@H]1CC[C@H](NC(=O)Nc2ccc(F)cc2)[C@H](CO)O1)NCCN1CCCC1. The van der Waals surface area contributed by atoms with Crippen molar-refractivity contribution in [2.75, 3.05) is 38.1 Å². The number of amides is 3. The van der Waals surface area contributed by atoms with Crippen molar-refractivity contribution < 1.29 is 23.8 Å². The van der Waals surface area contributed by atoms with Crippen LogP contribution in [0.1, 0.15) is 32.1 Å². The fourth-order valence-electron chi connectivity index (χ4n) is 3.95. The standard InChI is InChI=1S/C21H31FN4O4/c22-15-3-5-16(6-4-15)24-21(29)25-18-8-7-17(30-19(18)14-27)13-20(28)23-9-12-26-10-1-2-11-26/h3-6,17-19,27H,1-2,7-14H2,(H,23,28)(H2,24,25,29)/t17-,18-,19-/m0/s1. The Bertz CT molecular complexity index is 697. The van der Waals surface area contributed by atoms with Crippen molar-refractivity contribution in [1.82, 2.24) is 15.5 Å². The molecule has 9 heteroatoms. The zero-order chi connectivity index (χ0) is 21.3. The van der Waals surface area contributed by atoms with Crippen LogP contribution < -0.4 is 16.0 Å². The smallest absolute Gasteiger partial charge is 0.319 e. The highest BCUT2D eigenvalue weighted by molar-refractivity contribution is 5.89. The summed E-state index contributed by atoms with van der Waals surface area (Å²) in [6.45, 7) is 3.44. The van der Waals surface area contributed by atoms with Crippen LogP contribution in [0.15, 0.2) is 24.3 Å². The second kappa shape index (κ2) is 11.2. The first kappa shape index (κ1) is 22.5. The van der Waals surface area contributed by atoms with Gasteiger partial charge in [0, 0.05) is 18.8 Å². The van der Waals surface area contributed by atoms with Crippen LogP contribution in [0.25, 0.3) is 0 Å². The van der Waals surface area contributed by atoms with Crippen molar-refractivity contribution in [3.05, 3.63) is 30.1 Å². The Kier molecular flexibility index (Phi) is 8.41. The summed E-state index contributed by atoms with van der Waals surface area (Å²) in [5, 5.41) is 18.0. The number of ether oxygens (including phenoxy) is 1. The summed E-state index contributed by atoms with van der Waals surface area (Å²) in [4.78, 5) is 26.7. The van der Waals surface area contributed by atoms with Gasteiger partial charge in [-0.1, -0.05) is 0 Å². The predicted molar refractivity (Wildman–Crippen MR) is 111 cm³/mol. The van der Waals surface area contributed by atoms with Crippen molar-refractivity contribution in [2.45, 2.75) is 50.4 Å². The molecule has 2 saturated heterocycles. The highest BCUT2D eigenvalue weighted by Gasteiger charge is 2.32. The fourth-order valence-corrected chi connectivity index (χ4v) is 3.95. The third kappa shape index (κ3) is 6.93. The number of rotatable bonds is 8. The molecule has 8 nitrogen and oxygen atoms in total. The Labute approximate surface area is 176 Å². The molecule has 1 aromatic rings. The molecule has 0 saturated carbocycles. The number of aliphatic hydroxyl groups is 1. The first-order valence-electron chi connectivity index (χ1n) is 10.6. The van der Waals surface area contributed by atoms with E-state index >= 15 is 0 Å². The Morgan fingerprint density at radius 1 is 1.17 bits per heavy atom. The topological polar surface area (TPSA) is 103 Å². The van der Waals surface area contributed by atoms with E-state index in [-0.39, 0.29) is 36.9 Å². The minimum absolute atomic E-state index is 0.0589. The number of carbonyl (C=O) groups is 2. The molecule has 0 spiro atoms. The number of nitrogens with zero attached hydrogens (tertiary/aromatic N) is 1. The monoisotopic (exact) mass is 422 g/mol. The number of carbonyl (C=O) groups excluding carboxylic acids is 2. The summed E-state index contributed by atoms with van der Waals surface area (Å²) in [6, 6.07) is 4.63. The molecule has 2 heterocycles. The number of likely N-dealkylation sites (tertiary alicyclic amines) is 1. The number of nitrogens with one attached hydrogen (secondary N) is 3. The van der Waals surface area contributed by atoms with Crippen molar-refractivity contribution in [3.63, 3.8) is 0 Å². The zero-order valence-corrected chi connectivity index (χ0v) is 17.1. The van der Waals surface area contributed by atoms with E-state index in [1.54, 1.807) is 0 Å². The van der Waals surface area contributed by atoms with Crippen LogP contribution in [0, 0.1) is 5.82 Å². The largest absolute Gasteiger partial charge is 0.394 e. The molecule has 3 rings (SSSR count). The van der Waals surface area contributed by atoms with Crippen molar-refractivity contribution in [3.8, 4) is 0 Å². The maximum atomic E-state index is 13.0. The van der Waals surface area contributed by atoms with Gasteiger partial charge in [-0.05, 0) is 63.0 Å². The number of aliphatic hydroxyl groups excluding tert-OH is 1. The highest BCUT2D eigenvalue weighted by Crippen LogP contribution is 2.22. The lowest BCUT2D eigenvalue weighted by atomic mass is 9.97. The van der Waals surface area contributed by atoms with Crippen LogP contribution in [-0.4, -0.2) is 73.0 Å². The molecule has 1 aromatic carbocycles. The maximum absolute atomic E-state index is 13.0. The van der Waals surface area contributed by atoms with Crippen LogP contribution in [0.4, 0.5) is 14.9 Å². The average Bonchev–Trinajstić information content (AvgIpc) is 3.24. The van der Waals surface area contributed by atoms with Gasteiger partial charge in [-0.15, -0.1) is 0 Å². The highest BCUT2D eigenvalue weighted by atomic mass is 19.1. The van der Waals surface area contributed by atoms with Gasteiger partial charge in [0.2, 0.25) is 5.91 Å². The number of urea groups is 1. The zero-order valence-electron chi connectivity index (χ0n) is 17.1. The third-order valence-corrected chi connectivity index (χ3v) is 5.58. The predicted octanol–water partition coefficient (Wildman–Crippen LogP) is 1.46. The molecule has 30 heavy (non-hydrogen) atoms. The summed E-state index contributed by atoms with van der Waals surface area (Å²) >= 11 is 0. The van der Waals surface area contributed by atoms with Gasteiger partial charge in [0.15, 0.2) is 0 Å². The quantitative estimate of drug-likeness (QED) is 0.508. The van der Waals surface area contributed by atoms with Gasteiger partial charge in [-0.3, -0.25) is 4.79 Å². The lowest BCUT2D eigenvalue weighted by molar-refractivity contribution is -0.130. The fraction of sp³-hybridized carbons (Fsp3) is 0.619. The van der Waals surface area contributed by atoms with E-state index < -0.39 is 12.1 Å². The minimum atomic E-state index is -0.583. The van der Waals surface area contributed by atoms with Gasteiger partial charge in [0.25, 0.3) is 0 Å². The Morgan fingerprint density at radius 3 is 2.60 bits per heavy atom. The van der Waals surface area contributed by atoms with Crippen LogP contribution in [0.5, 0.6) is 0 Å². The number of halogens is 1. The van der Waals surface area contributed by atoms with E-state index in [1.165, 1.54) is 37.1 Å². The Balaban J connectivity index is 1.38. The molecular formula is C21H31FN4O4. The van der Waals surface area contributed by atoms with Crippen LogP contribution >= 0.6 is 0 Å². The second-order valence-corrected chi connectivity index (χ2v) is 7.87. The van der Waals surface area contributed by atoms with Gasteiger partial charge in [0.05, 0.1) is 25.2 Å². The van der Waals surface area contributed by atoms with Crippen molar-refractivity contribution >= 4 is 17.6 Å². The Hall–Kier alpha value is -2.23. The number of benzene rings is 1. The molecule has 2 fully saturated rings. The van der Waals surface area contributed by atoms with E-state index in [2.05, 4.69) is 20.9 Å². The van der Waals surface area contributed by atoms with E-state index in [9.17, 15) is 19.1 Å². The molecule has 2 aliphatic rings. The second-order valence-electron chi connectivity index (χ2n) is 7.87. The van der Waals surface area contributed by atoms with Crippen molar-refractivity contribution in [1.29, 1.82) is 0 Å². The first-order chi connectivity index (χ1) is 14.5. The van der Waals surface area contributed by atoms with E-state index in [0.717, 1.165) is 19.6 Å². The van der Waals surface area contributed by atoms with Gasteiger partial charge < -0.3 is 30.7 Å². The lowest BCUT2D eigenvalue weighted by Gasteiger charge is -2.36. The summed E-state index contributed by atoms with van der Waals surface area (Å²) in [5.74, 6) is -0.440. The minimum Gasteiger partial charge on any atom is -0.394 e. The summed E-state index contributed by atoms with van der Waals surface area (Å²) < 4.78 is 18.8. The molecule has 0 radical (unpaired) electrons. The van der Waals surface area contributed by atoms with E-state index in [1.807, 2.05) is 0 Å². The van der Waals surface area contributed by atoms with Gasteiger partial charge in [-0.2, -0.15) is 0 Å². The van der Waals surface area contributed by atoms with E-state index in [4.69, 9.17) is 4.74 Å². The normalized spacial score (nSPS) is 24.4. The van der Waals surface area contributed by atoms with Gasteiger partial charge in [-0.25, -0.2) is 9.18 Å². The molecule has 3 atom stereocenters.